The summed E-state index contributed by atoms with van der Waals surface area (Å²) in [6.07, 6.45) is 4.28. The minimum atomic E-state index is -0.0331. The topological polar surface area (TPSA) is 91.0 Å². The van der Waals surface area contributed by atoms with E-state index in [1.54, 1.807) is 13.1 Å². The van der Waals surface area contributed by atoms with Crippen molar-refractivity contribution in [1.82, 2.24) is 14.5 Å². The fourth-order valence-electron chi connectivity index (χ4n) is 5.91. The van der Waals surface area contributed by atoms with Gasteiger partial charge in [0.15, 0.2) is 0 Å². The lowest BCUT2D eigenvalue weighted by Crippen LogP contribution is -2.29. The number of anilines is 1. The van der Waals surface area contributed by atoms with Gasteiger partial charge in [0.25, 0.3) is 0 Å². The highest BCUT2D eigenvalue weighted by atomic mass is 16.2. The number of aromatic nitrogens is 2. The maximum absolute atomic E-state index is 13.0. The molecule has 7 nitrogen and oxygen atoms in total. The molecule has 1 unspecified atom stereocenters. The monoisotopic (exact) mass is 431 g/mol. The van der Waals surface area contributed by atoms with Crippen LogP contribution in [0.4, 0.5) is 5.82 Å². The van der Waals surface area contributed by atoms with E-state index in [0.29, 0.717) is 23.3 Å². The second kappa shape index (κ2) is 7.47. The molecule has 1 saturated carbocycles. The van der Waals surface area contributed by atoms with E-state index in [9.17, 15) is 14.9 Å². The van der Waals surface area contributed by atoms with Crippen LogP contribution in [0, 0.1) is 34.5 Å². The number of hydrogen-bond donors (Lipinski definition) is 1. The Labute approximate surface area is 188 Å². The summed E-state index contributed by atoms with van der Waals surface area (Å²) < 4.78 is 2.12. The van der Waals surface area contributed by atoms with Gasteiger partial charge in [-0.1, -0.05) is 13.8 Å². The van der Waals surface area contributed by atoms with Gasteiger partial charge in [-0.2, -0.15) is 5.26 Å². The van der Waals surface area contributed by atoms with Crippen LogP contribution < -0.4 is 5.32 Å². The minimum absolute atomic E-state index is 0.0133. The third-order valence-electron chi connectivity index (χ3n) is 7.44. The number of carbonyl (C=O) groups is 2. The van der Waals surface area contributed by atoms with Crippen molar-refractivity contribution in [1.29, 1.82) is 5.26 Å². The van der Waals surface area contributed by atoms with Crippen LogP contribution in [0.2, 0.25) is 0 Å². The number of nitriles is 1. The molecule has 3 atom stereocenters. The summed E-state index contributed by atoms with van der Waals surface area (Å²) in [4.78, 5) is 30.9. The lowest BCUT2D eigenvalue weighted by Gasteiger charge is -2.17. The van der Waals surface area contributed by atoms with Crippen molar-refractivity contribution in [3.8, 4) is 17.2 Å². The van der Waals surface area contributed by atoms with Gasteiger partial charge < -0.3 is 14.8 Å². The van der Waals surface area contributed by atoms with Gasteiger partial charge in [0, 0.05) is 49.9 Å². The number of pyridine rings is 1. The average molecular weight is 432 g/mol. The molecule has 0 bridgehead atoms. The van der Waals surface area contributed by atoms with Gasteiger partial charge in [-0.25, -0.2) is 4.98 Å². The Hall–Kier alpha value is -3.14. The predicted octanol–water partition coefficient (Wildman–Crippen LogP) is 3.45. The third-order valence-corrected chi connectivity index (χ3v) is 7.44. The van der Waals surface area contributed by atoms with Crippen LogP contribution >= 0.6 is 0 Å². The number of rotatable bonds is 3. The Bertz CT molecular complexity index is 1130. The van der Waals surface area contributed by atoms with Gasteiger partial charge in [-0.3, -0.25) is 9.59 Å². The SMILES string of the molecule is CC(=O)N1C[C@H]2CC(C(=O)Nc3cc(-c4cc(C#N)n5c4CC(C)(C)C5)ccn3)C[C@H]2C1. The lowest BCUT2D eigenvalue weighted by atomic mass is 9.89. The van der Waals surface area contributed by atoms with Crippen molar-refractivity contribution < 1.29 is 9.59 Å². The molecular weight excluding hydrogens is 402 g/mol. The first kappa shape index (κ1) is 20.7. The van der Waals surface area contributed by atoms with Crippen molar-refractivity contribution in [2.75, 3.05) is 18.4 Å². The van der Waals surface area contributed by atoms with Crippen molar-refractivity contribution in [3.05, 3.63) is 35.8 Å². The molecule has 166 valence electrons. The van der Waals surface area contributed by atoms with Crippen LogP contribution in [0.1, 0.15) is 45.0 Å². The Morgan fingerprint density at radius 2 is 1.94 bits per heavy atom. The van der Waals surface area contributed by atoms with Crippen LogP contribution in [0.15, 0.2) is 24.4 Å². The predicted molar refractivity (Wildman–Crippen MR) is 120 cm³/mol. The van der Waals surface area contributed by atoms with Crippen LogP contribution in [0.5, 0.6) is 0 Å². The van der Waals surface area contributed by atoms with Crippen LogP contribution in [-0.4, -0.2) is 39.4 Å². The number of hydrogen-bond acceptors (Lipinski definition) is 4. The average Bonchev–Trinajstić information content (AvgIpc) is 3.45. The summed E-state index contributed by atoms with van der Waals surface area (Å²) >= 11 is 0. The molecular formula is C25H29N5O2. The Balaban J connectivity index is 1.31. The quantitative estimate of drug-likeness (QED) is 0.806. The number of likely N-dealkylation sites (tertiary alicyclic amines) is 1. The first-order chi connectivity index (χ1) is 15.2. The largest absolute Gasteiger partial charge is 0.342 e. The molecule has 2 aromatic heterocycles. The molecule has 0 aromatic carbocycles. The molecule has 0 radical (unpaired) electrons. The molecule has 1 N–H and O–H groups in total. The van der Waals surface area contributed by atoms with Crippen molar-refractivity contribution in [2.24, 2.45) is 23.2 Å². The molecule has 2 fully saturated rings. The van der Waals surface area contributed by atoms with Crippen LogP contribution in [0.25, 0.3) is 11.1 Å². The molecule has 2 aromatic rings. The van der Waals surface area contributed by atoms with Gasteiger partial charge >= 0.3 is 0 Å². The molecule has 0 spiro atoms. The number of fused-ring (bicyclic) bond motifs is 2. The number of carbonyl (C=O) groups excluding carboxylic acids is 2. The molecule has 2 amide bonds. The molecule has 1 aliphatic carbocycles. The molecule has 32 heavy (non-hydrogen) atoms. The number of nitrogens with one attached hydrogen (secondary N) is 1. The Kier molecular flexibility index (Phi) is 4.85. The van der Waals surface area contributed by atoms with E-state index in [4.69, 9.17) is 0 Å². The molecule has 5 rings (SSSR count). The van der Waals surface area contributed by atoms with Crippen LogP contribution in [0.3, 0.4) is 0 Å². The highest BCUT2D eigenvalue weighted by Gasteiger charge is 2.44. The van der Waals surface area contributed by atoms with Crippen molar-refractivity contribution in [3.63, 3.8) is 0 Å². The minimum Gasteiger partial charge on any atom is -0.342 e. The zero-order chi connectivity index (χ0) is 22.6. The highest BCUT2D eigenvalue weighted by molar-refractivity contribution is 5.92. The molecule has 4 heterocycles. The first-order valence-electron chi connectivity index (χ1n) is 11.4. The van der Waals surface area contributed by atoms with E-state index in [-0.39, 0.29) is 23.1 Å². The second-order valence-electron chi connectivity index (χ2n) is 10.5. The maximum atomic E-state index is 13.0. The van der Waals surface area contributed by atoms with Gasteiger partial charge in [-0.15, -0.1) is 0 Å². The zero-order valence-corrected chi connectivity index (χ0v) is 18.9. The number of nitrogens with zero attached hydrogens (tertiary/aromatic N) is 4. The first-order valence-corrected chi connectivity index (χ1v) is 11.4. The lowest BCUT2D eigenvalue weighted by molar-refractivity contribution is -0.128. The summed E-state index contributed by atoms with van der Waals surface area (Å²) in [5.74, 6) is 1.50. The van der Waals surface area contributed by atoms with Crippen molar-refractivity contribution >= 4 is 17.6 Å². The Morgan fingerprint density at radius 1 is 1.22 bits per heavy atom. The van der Waals surface area contributed by atoms with Crippen molar-refractivity contribution in [2.45, 2.75) is 46.6 Å². The summed E-state index contributed by atoms with van der Waals surface area (Å²) in [5.41, 5.74) is 4.00. The maximum Gasteiger partial charge on any atom is 0.228 e. The second-order valence-corrected chi connectivity index (χ2v) is 10.5. The fraction of sp³-hybridized carbons (Fsp3) is 0.520. The molecule has 1 saturated heterocycles. The smallest absolute Gasteiger partial charge is 0.228 e. The van der Waals surface area contributed by atoms with Gasteiger partial charge in [-0.05, 0) is 60.3 Å². The van der Waals surface area contributed by atoms with E-state index in [1.807, 2.05) is 23.1 Å². The van der Waals surface area contributed by atoms with E-state index >= 15 is 0 Å². The van der Waals surface area contributed by atoms with E-state index in [1.165, 1.54) is 5.69 Å². The van der Waals surface area contributed by atoms with Gasteiger partial charge in [0.05, 0.1) is 0 Å². The van der Waals surface area contributed by atoms with E-state index in [2.05, 4.69) is 34.8 Å². The summed E-state index contributed by atoms with van der Waals surface area (Å²) in [5, 5.41) is 12.6. The third kappa shape index (κ3) is 3.58. The van der Waals surface area contributed by atoms with Gasteiger partial charge in [0.2, 0.25) is 11.8 Å². The number of amides is 2. The summed E-state index contributed by atoms with van der Waals surface area (Å²) in [6, 6.07) is 8.12. The normalized spacial score (nSPS) is 25.3. The summed E-state index contributed by atoms with van der Waals surface area (Å²) in [6.45, 7) is 8.44. The molecule has 7 heteroatoms. The summed E-state index contributed by atoms with van der Waals surface area (Å²) in [7, 11) is 0. The van der Waals surface area contributed by atoms with E-state index < -0.39 is 0 Å². The van der Waals surface area contributed by atoms with E-state index in [0.717, 1.165) is 50.0 Å². The zero-order valence-electron chi connectivity index (χ0n) is 18.9. The fourth-order valence-corrected chi connectivity index (χ4v) is 5.91. The molecule has 2 aliphatic heterocycles. The highest BCUT2D eigenvalue weighted by Crippen LogP contribution is 2.42. The Morgan fingerprint density at radius 3 is 2.59 bits per heavy atom. The molecule has 3 aliphatic rings. The van der Waals surface area contributed by atoms with Gasteiger partial charge in [0.1, 0.15) is 17.6 Å². The standard InChI is InChI=1S/C25H29N5O2/c1-15(31)29-12-18-6-17(7-19(18)13-29)24(32)28-23-8-16(4-5-27-23)21-9-20(11-26)30-14-25(2,3)10-22(21)30/h4-5,8-9,17-19H,6-7,10,12-14H2,1-3H3,(H,27,28,32)/t17?,18-,19+. The van der Waals surface area contributed by atoms with Crippen LogP contribution in [-0.2, 0) is 22.6 Å².